The smallest absolute Gasteiger partial charge is 0.248 e. The topological polar surface area (TPSA) is 62.4 Å². The fourth-order valence-electron chi connectivity index (χ4n) is 3.59. The summed E-state index contributed by atoms with van der Waals surface area (Å²) in [7, 11) is 1.90. The van der Waals surface area contributed by atoms with Gasteiger partial charge in [0.2, 0.25) is 11.5 Å². The van der Waals surface area contributed by atoms with Gasteiger partial charge in [-0.05, 0) is 31.4 Å². The zero-order valence-electron chi connectivity index (χ0n) is 15.4. The van der Waals surface area contributed by atoms with Gasteiger partial charge in [-0.2, -0.15) is 0 Å². The van der Waals surface area contributed by atoms with E-state index in [1.54, 1.807) is 12.1 Å². The van der Waals surface area contributed by atoms with E-state index < -0.39 is 0 Å². The van der Waals surface area contributed by atoms with E-state index >= 15 is 0 Å². The number of benzene rings is 1. The number of pyridine rings is 1. The number of aromatic nitrogens is 1. The minimum atomic E-state index is -0.219. The molecular weight excluding hydrogens is 387 g/mol. The van der Waals surface area contributed by atoms with Crippen molar-refractivity contribution in [2.24, 2.45) is 0 Å². The summed E-state index contributed by atoms with van der Waals surface area (Å²) < 4.78 is 5.75. The molecule has 1 aliphatic rings. The third kappa shape index (κ3) is 4.77. The van der Waals surface area contributed by atoms with Crippen LogP contribution in [0.4, 0.5) is 0 Å². The molecule has 1 heterocycles. The highest BCUT2D eigenvalue weighted by Gasteiger charge is 2.21. The number of nitrogens with one attached hydrogen (secondary N) is 1. The van der Waals surface area contributed by atoms with Crippen molar-refractivity contribution >= 4 is 40.0 Å². The van der Waals surface area contributed by atoms with Crippen LogP contribution >= 0.6 is 23.2 Å². The third-order valence-corrected chi connectivity index (χ3v) is 5.83. The molecule has 0 unspecified atom stereocenters. The van der Waals surface area contributed by atoms with E-state index in [9.17, 15) is 9.59 Å². The van der Waals surface area contributed by atoms with Gasteiger partial charge in [0.25, 0.3) is 0 Å². The summed E-state index contributed by atoms with van der Waals surface area (Å²) in [6.07, 6.45) is 6.90. The zero-order chi connectivity index (χ0) is 19.4. The molecule has 0 saturated heterocycles. The van der Waals surface area contributed by atoms with Gasteiger partial charge in [-0.15, -0.1) is 0 Å². The molecule has 27 heavy (non-hydrogen) atoms. The molecule has 0 radical (unpaired) electrons. The summed E-state index contributed by atoms with van der Waals surface area (Å²) >= 11 is 12.6. The first-order valence-electron chi connectivity index (χ1n) is 9.37. The number of aromatic amines is 1. The van der Waals surface area contributed by atoms with Crippen LogP contribution < -0.4 is 10.3 Å². The first-order chi connectivity index (χ1) is 13.0. The standard InChI is InChI=1S/C20H24Cl2N2O3/c1-24(13-6-3-2-4-7-13)18(26)8-5-11-27-20-15(21)12-16-14(19(20)22)9-10-17(25)23-16/h9-10,12-13H,2-8,11H2,1H3,(H,23,25). The number of hydrogen-bond acceptors (Lipinski definition) is 3. The van der Waals surface area contributed by atoms with Gasteiger partial charge in [0.15, 0.2) is 5.75 Å². The Morgan fingerprint density at radius 3 is 2.74 bits per heavy atom. The SMILES string of the molecule is CN(C(=O)CCCOc1c(Cl)cc2[nH]c(=O)ccc2c1Cl)C1CCCCC1. The normalized spacial score (nSPS) is 15.1. The van der Waals surface area contributed by atoms with Crippen molar-refractivity contribution in [2.45, 2.75) is 51.0 Å². The summed E-state index contributed by atoms with van der Waals surface area (Å²) in [5.41, 5.74) is 0.345. The highest BCUT2D eigenvalue weighted by molar-refractivity contribution is 6.41. The van der Waals surface area contributed by atoms with Crippen molar-refractivity contribution in [3.8, 4) is 5.75 Å². The second kappa shape index (κ2) is 8.98. The molecule has 7 heteroatoms. The Morgan fingerprint density at radius 2 is 2.00 bits per heavy atom. The van der Waals surface area contributed by atoms with Gasteiger partial charge in [0.1, 0.15) is 0 Å². The fraction of sp³-hybridized carbons (Fsp3) is 0.500. The maximum Gasteiger partial charge on any atom is 0.248 e. The molecule has 1 aromatic heterocycles. The number of hydrogen-bond donors (Lipinski definition) is 1. The molecule has 1 aromatic carbocycles. The lowest BCUT2D eigenvalue weighted by Gasteiger charge is -2.31. The van der Waals surface area contributed by atoms with Crippen LogP contribution in [0, 0.1) is 0 Å². The van der Waals surface area contributed by atoms with E-state index in [1.165, 1.54) is 25.3 Å². The van der Waals surface area contributed by atoms with Crippen LogP contribution in [0.2, 0.25) is 10.0 Å². The molecule has 146 valence electrons. The van der Waals surface area contributed by atoms with Crippen molar-refractivity contribution in [3.05, 3.63) is 38.6 Å². The molecule has 3 rings (SSSR count). The average molecular weight is 411 g/mol. The second-order valence-electron chi connectivity index (χ2n) is 7.03. The van der Waals surface area contributed by atoms with E-state index in [2.05, 4.69) is 4.98 Å². The largest absolute Gasteiger partial charge is 0.490 e. The van der Waals surface area contributed by atoms with Crippen LogP contribution in [-0.2, 0) is 4.79 Å². The molecule has 1 amide bonds. The van der Waals surface area contributed by atoms with Crippen molar-refractivity contribution in [2.75, 3.05) is 13.7 Å². The lowest BCUT2D eigenvalue weighted by atomic mass is 9.94. The summed E-state index contributed by atoms with van der Waals surface area (Å²) in [5, 5.41) is 1.36. The first kappa shape index (κ1) is 20.0. The number of amides is 1. The number of halogens is 2. The zero-order valence-corrected chi connectivity index (χ0v) is 16.9. The molecule has 0 aliphatic heterocycles. The van der Waals surface area contributed by atoms with Gasteiger partial charge in [-0.25, -0.2) is 0 Å². The number of nitrogens with zero attached hydrogens (tertiary/aromatic N) is 1. The Hall–Kier alpha value is -1.72. The Balaban J connectivity index is 1.56. The summed E-state index contributed by atoms with van der Waals surface area (Å²) in [6, 6.07) is 5.05. The third-order valence-electron chi connectivity index (χ3n) is 5.17. The molecule has 1 fully saturated rings. The van der Waals surface area contributed by atoms with Crippen LogP contribution in [0.1, 0.15) is 44.9 Å². The molecule has 1 N–H and O–H groups in total. The lowest BCUT2D eigenvalue weighted by Crippen LogP contribution is -2.38. The molecule has 0 bridgehead atoms. The first-order valence-corrected chi connectivity index (χ1v) is 10.1. The summed E-state index contributed by atoms with van der Waals surface area (Å²) in [6.45, 7) is 0.346. The van der Waals surface area contributed by atoms with E-state index in [0.29, 0.717) is 52.2 Å². The molecule has 0 atom stereocenters. The summed E-state index contributed by atoms with van der Waals surface area (Å²) in [4.78, 5) is 28.4. The van der Waals surface area contributed by atoms with Gasteiger partial charge in [-0.1, -0.05) is 42.5 Å². The molecule has 1 aliphatic carbocycles. The van der Waals surface area contributed by atoms with Crippen molar-refractivity contribution in [1.29, 1.82) is 0 Å². The lowest BCUT2D eigenvalue weighted by molar-refractivity contribution is -0.132. The van der Waals surface area contributed by atoms with Crippen LogP contribution in [0.3, 0.4) is 0 Å². The number of fused-ring (bicyclic) bond motifs is 1. The molecule has 5 nitrogen and oxygen atoms in total. The van der Waals surface area contributed by atoms with Gasteiger partial charge in [-0.3, -0.25) is 9.59 Å². The predicted octanol–water partition coefficient (Wildman–Crippen LogP) is 4.79. The number of carbonyl (C=O) groups is 1. The number of rotatable bonds is 6. The van der Waals surface area contributed by atoms with E-state index in [1.807, 2.05) is 11.9 Å². The highest BCUT2D eigenvalue weighted by Crippen LogP contribution is 2.38. The van der Waals surface area contributed by atoms with E-state index in [-0.39, 0.29) is 11.5 Å². The Morgan fingerprint density at radius 1 is 1.26 bits per heavy atom. The van der Waals surface area contributed by atoms with Crippen molar-refractivity contribution < 1.29 is 9.53 Å². The summed E-state index contributed by atoms with van der Waals surface area (Å²) in [5.74, 6) is 0.532. The minimum absolute atomic E-state index is 0.152. The van der Waals surface area contributed by atoms with E-state index in [0.717, 1.165) is 12.8 Å². The number of H-pyrrole nitrogens is 1. The van der Waals surface area contributed by atoms with Crippen LogP contribution in [0.25, 0.3) is 10.9 Å². The van der Waals surface area contributed by atoms with E-state index in [4.69, 9.17) is 27.9 Å². The van der Waals surface area contributed by atoms with Crippen LogP contribution in [-0.4, -0.2) is 35.5 Å². The molecule has 2 aromatic rings. The Kier molecular flexibility index (Phi) is 6.66. The van der Waals surface area contributed by atoms with Crippen molar-refractivity contribution in [3.63, 3.8) is 0 Å². The van der Waals surface area contributed by atoms with Crippen LogP contribution in [0.15, 0.2) is 23.0 Å². The second-order valence-corrected chi connectivity index (χ2v) is 7.82. The molecule has 0 spiro atoms. The number of ether oxygens (including phenoxy) is 1. The fourth-order valence-corrected chi connectivity index (χ4v) is 4.22. The van der Waals surface area contributed by atoms with Crippen LogP contribution in [0.5, 0.6) is 5.75 Å². The highest BCUT2D eigenvalue weighted by atomic mass is 35.5. The minimum Gasteiger partial charge on any atom is -0.490 e. The molecule has 1 saturated carbocycles. The maximum atomic E-state index is 12.4. The van der Waals surface area contributed by atoms with Gasteiger partial charge >= 0.3 is 0 Å². The maximum absolute atomic E-state index is 12.4. The molecular formula is C20H24Cl2N2O3. The predicted molar refractivity (Wildman–Crippen MR) is 109 cm³/mol. The monoisotopic (exact) mass is 410 g/mol. The van der Waals surface area contributed by atoms with Gasteiger partial charge < -0.3 is 14.6 Å². The average Bonchev–Trinajstić information content (AvgIpc) is 2.66. The van der Waals surface area contributed by atoms with Gasteiger partial charge in [0, 0.05) is 31.0 Å². The quantitative estimate of drug-likeness (QED) is 0.696. The Labute approximate surface area is 168 Å². The Bertz CT molecular complexity index is 875. The number of carbonyl (C=O) groups excluding carboxylic acids is 1. The van der Waals surface area contributed by atoms with Crippen molar-refractivity contribution in [1.82, 2.24) is 9.88 Å². The van der Waals surface area contributed by atoms with Gasteiger partial charge in [0.05, 0.1) is 22.2 Å².